The summed E-state index contributed by atoms with van der Waals surface area (Å²) in [6.07, 6.45) is 0. The van der Waals surface area contributed by atoms with E-state index in [1.165, 1.54) is 4.31 Å². The maximum atomic E-state index is 12.8. The molecule has 1 heterocycles. The fourth-order valence-corrected chi connectivity index (χ4v) is 4.06. The molecule has 0 radical (unpaired) electrons. The minimum absolute atomic E-state index is 0.357. The minimum Gasteiger partial charge on any atom is -0.373 e. The van der Waals surface area contributed by atoms with Gasteiger partial charge in [-0.05, 0) is 38.1 Å². The number of benzene rings is 1. The second kappa shape index (κ2) is 6.44. The van der Waals surface area contributed by atoms with Gasteiger partial charge >= 0.3 is 0 Å². The summed E-state index contributed by atoms with van der Waals surface area (Å²) in [5, 5.41) is 3.21. The summed E-state index contributed by atoms with van der Waals surface area (Å²) in [7, 11) is -3.46. The molecule has 0 aliphatic carbocycles. The molecule has 1 aliphatic heterocycles. The van der Waals surface area contributed by atoms with Gasteiger partial charge in [0.05, 0.1) is 17.1 Å². The van der Waals surface area contributed by atoms with Crippen LogP contribution in [-0.2, 0) is 21.3 Å². The number of rotatable bonds is 5. The molecule has 2 rings (SSSR count). The third-order valence-electron chi connectivity index (χ3n) is 3.51. The Kier molecular flexibility index (Phi) is 5.03. The monoisotopic (exact) mass is 312 g/mol. The first-order chi connectivity index (χ1) is 9.85. The predicted octanol–water partition coefficient (Wildman–Crippen LogP) is 1.60. The number of sulfonamides is 1. The van der Waals surface area contributed by atoms with Gasteiger partial charge in [-0.3, -0.25) is 0 Å². The van der Waals surface area contributed by atoms with E-state index in [9.17, 15) is 8.42 Å². The zero-order valence-corrected chi connectivity index (χ0v) is 13.7. The molecule has 0 atom stereocenters. The van der Waals surface area contributed by atoms with Crippen LogP contribution >= 0.6 is 0 Å². The highest BCUT2D eigenvalue weighted by Gasteiger charge is 2.34. The Morgan fingerprint density at radius 3 is 2.81 bits per heavy atom. The van der Waals surface area contributed by atoms with E-state index in [1.54, 1.807) is 18.2 Å². The van der Waals surface area contributed by atoms with E-state index in [2.05, 4.69) is 5.32 Å². The maximum Gasteiger partial charge on any atom is 0.243 e. The number of morpholine rings is 1. The third-order valence-corrected chi connectivity index (χ3v) is 5.35. The summed E-state index contributed by atoms with van der Waals surface area (Å²) in [6.45, 7) is 8.60. The van der Waals surface area contributed by atoms with E-state index in [0.717, 1.165) is 12.1 Å². The fraction of sp³-hybridized carbons (Fsp3) is 0.600. The molecule has 0 aromatic heterocycles. The Morgan fingerprint density at radius 2 is 2.14 bits per heavy atom. The number of hydrogen-bond donors (Lipinski definition) is 1. The fourth-order valence-electron chi connectivity index (χ4n) is 2.41. The van der Waals surface area contributed by atoms with E-state index in [0.29, 0.717) is 31.1 Å². The molecule has 6 heteroatoms. The van der Waals surface area contributed by atoms with Crippen molar-refractivity contribution in [1.82, 2.24) is 9.62 Å². The van der Waals surface area contributed by atoms with Gasteiger partial charge < -0.3 is 10.1 Å². The van der Waals surface area contributed by atoms with Crippen molar-refractivity contribution in [3.05, 3.63) is 29.8 Å². The molecular formula is C15H24N2O3S. The number of nitrogens with zero attached hydrogens (tertiary/aromatic N) is 1. The first kappa shape index (κ1) is 16.4. The average Bonchev–Trinajstić information content (AvgIpc) is 2.44. The van der Waals surface area contributed by atoms with E-state index >= 15 is 0 Å². The zero-order chi connectivity index (χ0) is 15.5. The van der Waals surface area contributed by atoms with Crippen LogP contribution in [0.2, 0.25) is 0 Å². The zero-order valence-electron chi connectivity index (χ0n) is 12.9. The van der Waals surface area contributed by atoms with Gasteiger partial charge in [-0.15, -0.1) is 0 Å². The van der Waals surface area contributed by atoms with Gasteiger partial charge in [0.15, 0.2) is 0 Å². The van der Waals surface area contributed by atoms with E-state index in [1.807, 2.05) is 26.8 Å². The summed E-state index contributed by atoms with van der Waals surface area (Å²) in [4.78, 5) is 0.357. The standard InChI is InChI=1S/C15H24N2O3S/c1-4-16-11-13-6-5-7-14(10-13)21(18,19)17-8-9-20-15(2,3)12-17/h5-7,10,16H,4,8-9,11-12H2,1-3H3. The first-order valence-electron chi connectivity index (χ1n) is 7.29. The Bertz CT molecular complexity index is 584. The molecule has 0 saturated carbocycles. The van der Waals surface area contributed by atoms with Crippen molar-refractivity contribution in [1.29, 1.82) is 0 Å². The molecule has 0 bridgehead atoms. The Hall–Kier alpha value is -0.950. The van der Waals surface area contributed by atoms with Crippen LogP contribution in [0.3, 0.4) is 0 Å². The molecule has 118 valence electrons. The molecule has 1 aromatic rings. The molecule has 1 saturated heterocycles. The molecule has 1 fully saturated rings. The molecule has 5 nitrogen and oxygen atoms in total. The summed E-state index contributed by atoms with van der Waals surface area (Å²) in [5.74, 6) is 0. The average molecular weight is 312 g/mol. The number of ether oxygens (including phenoxy) is 1. The Labute approximate surface area is 127 Å². The Balaban J connectivity index is 2.23. The van der Waals surface area contributed by atoms with Gasteiger partial charge in [-0.25, -0.2) is 8.42 Å². The van der Waals surface area contributed by atoms with Crippen LogP contribution in [0.25, 0.3) is 0 Å². The largest absolute Gasteiger partial charge is 0.373 e. The molecule has 1 N–H and O–H groups in total. The summed E-state index contributed by atoms with van der Waals surface area (Å²) in [5.41, 5.74) is 0.539. The topological polar surface area (TPSA) is 58.6 Å². The van der Waals surface area contributed by atoms with Gasteiger partial charge in [0.1, 0.15) is 0 Å². The van der Waals surface area contributed by atoms with Crippen molar-refractivity contribution in [2.24, 2.45) is 0 Å². The lowest BCUT2D eigenvalue weighted by molar-refractivity contribution is -0.0640. The third kappa shape index (κ3) is 4.03. The lowest BCUT2D eigenvalue weighted by Crippen LogP contribution is -2.50. The first-order valence-corrected chi connectivity index (χ1v) is 8.73. The van der Waals surface area contributed by atoms with Gasteiger partial charge in [0.25, 0.3) is 0 Å². The van der Waals surface area contributed by atoms with Crippen molar-refractivity contribution in [2.75, 3.05) is 26.2 Å². The molecular weight excluding hydrogens is 288 g/mol. The quantitative estimate of drug-likeness (QED) is 0.897. The second-order valence-corrected chi connectivity index (χ2v) is 7.81. The van der Waals surface area contributed by atoms with Gasteiger partial charge in [-0.1, -0.05) is 19.1 Å². The van der Waals surface area contributed by atoms with Crippen LogP contribution in [0.15, 0.2) is 29.2 Å². The Morgan fingerprint density at radius 1 is 1.38 bits per heavy atom. The highest BCUT2D eigenvalue weighted by atomic mass is 32.2. The molecule has 21 heavy (non-hydrogen) atoms. The SMILES string of the molecule is CCNCc1cccc(S(=O)(=O)N2CCOC(C)(C)C2)c1. The van der Waals surface area contributed by atoms with Gasteiger partial charge in [0, 0.05) is 19.6 Å². The van der Waals surface area contributed by atoms with E-state index in [-0.39, 0.29) is 0 Å². The van der Waals surface area contributed by atoms with E-state index < -0.39 is 15.6 Å². The van der Waals surface area contributed by atoms with Crippen molar-refractivity contribution >= 4 is 10.0 Å². The van der Waals surface area contributed by atoms with Crippen LogP contribution in [-0.4, -0.2) is 44.6 Å². The van der Waals surface area contributed by atoms with Crippen LogP contribution in [0.5, 0.6) is 0 Å². The minimum atomic E-state index is -3.46. The maximum absolute atomic E-state index is 12.8. The number of nitrogens with one attached hydrogen (secondary N) is 1. The highest BCUT2D eigenvalue weighted by molar-refractivity contribution is 7.89. The molecule has 0 amide bonds. The van der Waals surface area contributed by atoms with E-state index in [4.69, 9.17) is 4.74 Å². The van der Waals surface area contributed by atoms with Crippen molar-refractivity contribution in [3.63, 3.8) is 0 Å². The van der Waals surface area contributed by atoms with Gasteiger partial charge in [0.2, 0.25) is 10.0 Å². The van der Waals surface area contributed by atoms with Crippen molar-refractivity contribution < 1.29 is 13.2 Å². The van der Waals surface area contributed by atoms with Crippen LogP contribution in [0.1, 0.15) is 26.3 Å². The molecule has 1 aliphatic rings. The predicted molar refractivity (Wildman–Crippen MR) is 82.6 cm³/mol. The molecule has 0 spiro atoms. The van der Waals surface area contributed by atoms with Crippen molar-refractivity contribution in [3.8, 4) is 0 Å². The normalized spacial score (nSPS) is 19.6. The highest BCUT2D eigenvalue weighted by Crippen LogP contribution is 2.24. The van der Waals surface area contributed by atoms with Gasteiger partial charge in [-0.2, -0.15) is 4.31 Å². The lowest BCUT2D eigenvalue weighted by atomic mass is 10.1. The number of hydrogen-bond acceptors (Lipinski definition) is 4. The molecule has 1 aromatic carbocycles. The van der Waals surface area contributed by atoms with Crippen LogP contribution in [0.4, 0.5) is 0 Å². The molecule has 0 unspecified atom stereocenters. The van der Waals surface area contributed by atoms with Crippen LogP contribution in [0, 0.1) is 0 Å². The summed E-state index contributed by atoms with van der Waals surface area (Å²) in [6, 6.07) is 7.14. The summed E-state index contributed by atoms with van der Waals surface area (Å²) < 4.78 is 32.6. The lowest BCUT2D eigenvalue weighted by Gasteiger charge is -2.37. The smallest absolute Gasteiger partial charge is 0.243 e. The van der Waals surface area contributed by atoms with Crippen molar-refractivity contribution in [2.45, 2.75) is 37.8 Å². The summed E-state index contributed by atoms with van der Waals surface area (Å²) >= 11 is 0. The van der Waals surface area contributed by atoms with Crippen LogP contribution < -0.4 is 5.32 Å². The second-order valence-electron chi connectivity index (χ2n) is 5.87.